The molecule has 1 N–H and O–H groups in total. The Morgan fingerprint density at radius 1 is 1.13 bits per heavy atom. The Morgan fingerprint density at radius 2 is 1.91 bits per heavy atom. The lowest BCUT2D eigenvalue weighted by Gasteiger charge is -2.21. The second-order valence-electron chi connectivity index (χ2n) is 5.38. The lowest BCUT2D eigenvalue weighted by molar-refractivity contribution is 0.302. The maximum atomic E-state index is 9.31. The van der Waals surface area contributed by atoms with E-state index in [1.807, 2.05) is 0 Å². The van der Waals surface area contributed by atoms with Crippen molar-refractivity contribution in [2.45, 2.75) is 20.3 Å². The first-order chi connectivity index (χ1) is 11.3. The van der Waals surface area contributed by atoms with Crippen LogP contribution < -0.4 is 4.90 Å². The van der Waals surface area contributed by atoms with Crippen molar-refractivity contribution >= 4 is 27.4 Å². The molecule has 4 nitrogen and oxygen atoms in total. The van der Waals surface area contributed by atoms with Crippen LogP contribution in [0.4, 0.5) is 5.82 Å². The van der Waals surface area contributed by atoms with Gasteiger partial charge in [0.05, 0.1) is 12.0 Å². The average Bonchev–Trinajstić information content (AvgIpc) is 3.04. The van der Waals surface area contributed by atoms with Crippen molar-refractivity contribution in [3.05, 3.63) is 41.5 Å². The van der Waals surface area contributed by atoms with E-state index < -0.39 is 0 Å². The number of rotatable bonds is 6. The topological polar surface area (TPSA) is 49.2 Å². The standard InChI is InChI=1S/C18H21N3OS/c1-3-13-5-7-14(8-6-13)15-11-23-18-16(15)17(19-12-20-18)21(4-2)9-10-22/h5-8,11-12,22H,3-4,9-10H2,1-2H3. The Morgan fingerprint density at radius 3 is 2.57 bits per heavy atom. The van der Waals surface area contributed by atoms with Crippen LogP contribution in [0.2, 0.25) is 0 Å². The van der Waals surface area contributed by atoms with E-state index in [0.717, 1.165) is 29.0 Å². The highest BCUT2D eigenvalue weighted by Gasteiger charge is 2.16. The number of aliphatic hydroxyl groups is 1. The number of hydrogen-bond donors (Lipinski definition) is 1. The van der Waals surface area contributed by atoms with E-state index in [0.29, 0.717) is 6.54 Å². The third kappa shape index (κ3) is 3.07. The summed E-state index contributed by atoms with van der Waals surface area (Å²) >= 11 is 1.64. The second-order valence-corrected chi connectivity index (χ2v) is 6.24. The Hall–Kier alpha value is -1.98. The number of aryl methyl sites for hydroxylation is 1. The van der Waals surface area contributed by atoms with Crippen molar-refractivity contribution in [2.75, 3.05) is 24.6 Å². The van der Waals surface area contributed by atoms with Gasteiger partial charge in [-0.05, 0) is 24.5 Å². The zero-order valence-corrected chi connectivity index (χ0v) is 14.3. The molecule has 5 heteroatoms. The van der Waals surface area contributed by atoms with Crippen molar-refractivity contribution in [1.82, 2.24) is 9.97 Å². The van der Waals surface area contributed by atoms with E-state index in [4.69, 9.17) is 0 Å². The molecule has 0 aliphatic heterocycles. The molecule has 0 spiro atoms. The van der Waals surface area contributed by atoms with Crippen LogP contribution in [0.5, 0.6) is 0 Å². The third-order valence-corrected chi connectivity index (χ3v) is 4.96. The molecule has 0 aliphatic carbocycles. The summed E-state index contributed by atoms with van der Waals surface area (Å²) in [6, 6.07) is 8.68. The summed E-state index contributed by atoms with van der Waals surface area (Å²) < 4.78 is 0. The van der Waals surface area contributed by atoms with Crippen LogP contribution in [-0.4, -0.2) is 34.8 Å². The molecule has 0 bridgehead atoms. The van der Waals surface area contributed by atoms with Gasteiger partial charge in [-0.2, -0.15) is 0 Å². The number of thiophene rings is 1. The maximum Gasteiger partial charge on any atom is 0.141 e. The van der Waals surface area contributed by atoms with E-state index in [-0.39, 0.29) is 6.61 Å². The number of benzene rings is 1. The summed E-state index contributed by atoms with van der Waals surface area (Å²) in [5, 5.41) is 12.5. The molecule has 1 aromatic carbocycles. The number of aliphatic hydroxyl groups excluding tert-OH is 1. The highest BCUT2D eigenvalue weighted by atomic mass is 32.1. The molecule has 0 atom stereocenters. The molecule has 0 saturated heterocycles. The first kappa shape index (κ1) is 15.9. The van der Waals surface area contributed by atoms with E-state index in [2.05, 4.69) is 58.4 Å². The van der Waals surface area contributed by atoms with Crippen LogP contribution in [0.3, 0.4) is 0 Å². The first-order valence-electron chi connectivity index (χ1n) is 7.95. The van der Waals surface area contributed by atoms with Gasteiger partial charge < -0.3 is 10.0 Å². The van der Waals surface area contributed by atoms with Crippen molar-refractivity contribution in [1.29, 1.82) is 0 Å². The fourth-order valence-corrected chi connectivity index (χ4v) is 3.68. The summed E-state index contributed by atoms with van der Waals surface area (Å²) in [6.07, 6.45) is 2.65. The molecular weight excluding hydrogens is 306 g/mol. The van der Waals surface area contributed by atoms with Crippen LogP contribution in [0, 0.1) is 0 Å². The van der Waals surface area contributed by atoms with Crippen molar-refractivity contribution in [3.8, 4) is 11.1 Å². The third-order valence-electron chi connectivity index (χ3n) is 4.07. The molecular formula is C18H21N3OS. The van der Waals surface area contributed by atoms with E-state index >= 15 is 0 Å². The van der Waals surface area contributed by atoms with Crippen LogP contribution in [-0.2, 0) is 6.42 Å². The SMILES string of the molecule is CCc1ccc(-c2csc3ncnc(N(CC)CCO)c23)cc1. The van der Waals surface area contributed by atoms with E-state index in [9.17, 15) is 5.11 Å². The average molecular weight is 327 g/mol. The van der Waals surface area contributed by atoms with Gasteiger partial charge in [-0.15, -0.1) is 11.3 Å². The summed E-state index contributed by atoms with van der Waals surface area (Å²) in [6.45, 7) is 5.73. The van der Waals surface area contributed by atoms with Gasteiger partial charge in [0, 0.05) is 24.0 Å². The van der Waals surface area contributed by atoms with Gasteiger partial charge in [0.1, 0.15) is 17.0 Å². The second kappa shape index (κ2) is 7.06. The molecule has 0 fully saturated rings. The fourth-order valence-electron chi connectivity index (χ4n) is 2.77. The molecule has 2 heterocycles. The van der Waals surface area contributed by atoms with Gasteiger partial charge in [0.2, 0.25) is 0 Å². The van der Waals surface area contributed by atoms with Gasteiger partial charge in [-0.25, -0.2) is 9.97 Å². The highest BCUT2D eigenvalue weighted by molar-refractivity contribution is 7.17. The van der Waals surface area contributed by atoms with Crippen LogP contribution in [0.25, 0.3) is 21.3 Å². The Labute approximate surface area is 140 Å². The number of fused-ring (bicyclic) bond motifs is 1. The number of likely N-dealkylation sites (N-methyl/N-ethyl adjacent to an activating group) is 1. The van der Waals surface area contributed by atoms with Crippen LogP contribution in [0.15, 0.2) is 36.0 Å². The lowest BCUT2D eigenvalue weighted by Crippen LogP contribution is -2.27. The smallest absolute Gasteiger partial charge is 0.141 e. The Balaban J connectivity index is 2.13. The normalized spacial score (nSPS) is 11.1. The summed E-state index contributed by atoms with van der Waals surface area (Å²) in [7, 11) is 0. The molecule has 0 amide bonds. The minimum atomic E-state index is 0.115. The lowest BCUT2D eigenvalue weighted by atomic mass is 10.0. The number of aromatic nitrogens is 2. The van der Waals surface area contributed by atoms with Gasteiger partial charge >= 0.3 is 0 Å². The molecule has 3 aromatic rings. The van der Waals surface area contributed by atoms with Crippen molar-refractivity contribution in [2.24, 2.45) is 0 Å². The van der Waals surface area contributed by atoms with Crippen molar-refractivity contribution < 1.29 is 5.11 Å². The largest absolute Gasteiger partial charge is 0.395 e. The van der Waals surface area contributed by atoms with E-state index in [1.165, 1.54) is 16.7 Å². The summed E-state index contributed by atoms with van der Waals surface area (Å²) in [4.78, 5) is 12.0. The number of anilines is 1. The predicted molar refractivity (Wildman–Crippen MR) is 97.2 cm³/mol. The van der Waals surface area contributed by atoms with Gasteiger partial charge in [-0.1, -0.05) is 31.2 Å². The van der Waals surface area contributed by atoms with Crippen LogP contribution in [0.1, 0.15) is 19.4 Å². The number of hydrogen-bond acceptors (Lipinski definition) is 5. The quantitative estimate of drug-likeness (QED) is 0.749. The molecule has 2 aromatic heterocycles. The number of nitrogens with zero attached hydrogens (tertiary/aromatic N) is 3. The summed E-state index contributed by atoms with van der Waals surface area (Å²) in [5.74, 6) is 0.905. The minimum absolute atomic E-state index is 0.115. The molecule has 0 aliphatic rings. The zero-order chi connectivity index (χ0) is 16.2. The van der Waals surface area contributed by atoms with Crippen LogP contribution >= 0.6 is 11.3 Å². The van der Waals surface area contributed by atoms with Gasteiger partial charge in [-0.3, -0.25) is 0 Å². The zero-order valence-electron chi connectivity index (χ0n) is 13.5. The Bertz CT molecular complexity index is 783. The minimum Gasteiger partial charge on any atom is -0.395 e. The first-order valence-corrected chi connectivity index (χ1v) is 8.83. The van der Waals surface area contributed by atoms with Gasteiger partial charge in [0.25, 0.3) is 0 Å². The maximum absolute atomic E-state index is 9.31. The molecule has 3 rings (SSSR count). The monoisotopic (exact) mass is 327 g/mol. The molecule has 0 unspecified atom stereocenters. The highest BCUT2D eigenvalue weighted by Crippen LogP contribution is 2.37. The molecule has 0 radical (unpaired) electrons. The fraction of sp³-hybridized carbons (Fsp3) is 0.333. The summed E-state index contributed by atoms with van der Waals surface area (Å²) in [5.41, 5.74) is 3.68. The molecule has 120 valence electrons. The Kier molecular flexibility index (Phi) is 4.88. The van der Waals surface area contributed by atoms with Gasteiger partial charge in [0.15, 0.2) is 0 Å². The van der Waals surface area contributed by atoms with Crippen molar-refractivity contribution in [3.63, 3.8) is 0 Å². The van der Waals surface area contributed by atoms with E-state index in [1.54, 1.807) is 17.7 Å². The molecule has 23 heavy (non-hydrogen) atoms. The molecule has 0 saturated carbocycles. The predicted octanol–water partition coefficient (Wildman–Crippen LogP) is 3.74.